The van der Waals surface area contributed by atoms with E-state index >= 15 is 0 Å². The third-order valence-electron chi connectivity index (χ3n) is 8.48. The maximum Gasteiger partial charge on any atom is 0.309 e. The van der Waals surface area contributed by atoms with Crippen LogP contribution < -0.4 is 20.5 Å². The lowest BCUT2D eigenvalue weighted by molar-refractivity contribution is -0.143. The van der Waals surface area contributed by atoms with E-state index in [1.807, 2.05) is 39.0 Å². The number of aromatic nitrogens is 1. The number of rotatable bonds is 12. The molecule has 0 saturated carbocycles. The van der Waals surface area contributed by atoms with Gasteiger partial charge in [-0.1, -0.05) is 24.3 Å². The zero-order valence-electron chi connectivity index (χ0n) is 27.7. The van der Waals surface area contributed by atoms with E-state index < -0.39 is 45.0 Å². The number of likely N-dealkylation sites (tertiary alicyclic amines) is 1. The Bertz CT molecular complexity index is 1930. The van der Waals surface area contributed by atoms with Crippen molar-refractivity contribution in [3.8, 4) is 11.5 Å². The van der Waals surface area contributed by atoms with E-state index in [1.165, 1.54) is 11.0 Å². The fraction of sp³-hybridized carbons (Fsp3) is 0.361. The number of aliphatic carboxylic acids is 1. The van der Waals surface area contributed by atoms with E-state index in [0.717, 1.165) is 10.8 Å². The molecule has 1 amide bonds. The normalized spacial score (nSPS) is 17.1. The van der Waals surface area contributed by atoms with Gasteiger partial charge in [0.15, 0.2) is 21.3 Å². The van der Waals surface area contributed by atoms with Crippen LogP contribution in [-0.4, -0.2) is 59.8 Å². The molecule has 1 fully saturated rings. The Hall–Kier alpha value is -4.84. The van der Waals surface area contributed by atoms with Gasteiger partial charge in [0.05, 0.1) is 34.8 Å². The van der Waals surface area contributed by atoms with Gasteiger partial charge in [0.1, 0.15) is 11.9 Å². The molecule has 12 heteroatoms. The Labute approximate surface area is 281 Å². The number of carboxylic acids is 1. The number of carbonyl (C=O) groups is 2. The zero-order chi connectivity index (χ0) is 34.7. The number of carboxylic acid groups (broad SMARTS) is 1. The van der Waals surface area contributed by atoms with Gasteiger partial charge in [-0.05, 0) is 100 Å². The largest absolute Gasteiger partial charge is 0.490 e. The first-order chi connectivity index (χ1) is 22.8. The predicted molar refractivity (Wildman–Crippen MR) is 185 cm³/mol. The van der Waals surface area contributed by atoms with Crippen molar-refractivity contribution >= 4 is 44.0 Å². The zero-order valence-corrected chi connectivity index (χ0v) is 28.5. The van der Waals surface area contributed by atoms with E-state index in [4.69, 9.17) is 15.2 Å². The minimum absolute atomic E-state index is 0.0232. The topological polar surface area (TPSA) is 161 Å². The molecule has 254 valence electrons. The van der Waals surface area contributed by atoms with Gasteiger partial charge in [0.25, 0.3) is 0 Å². The van der Waals surface area contributed by atoms with Gasteiger partial charge in [0.2, 0.25) is 5.91 Å². The van der Waals surface area contributed by atoms with E-state index in [0.29, 0.717) is 35.2 Å². The first kappa shape index (κ1) is 34.5. The highest BCUT2D eigenvalue weighted by Gasteiger charge is 2.46. The minimum Gasteiger partial charge on any atom is -0.490 e. The number of ether oxygens (including phenoxy) is 2. The van der Waals surface area contributed by atoms with Crippen LogP contribution in [0.4, 0.5) is 11.5 Å². The van der Waals surface area contributed by atoms with Crippen LogP contribution in [0.1, 0.15) is 64.3 Å². The highest BCUT2D eigenvalue weighted by atomic mass is 32.2. The summed E-state index contributed by atoms with van der Waals surface area (Å²) >= 11 is 0. The Kier molecular flexibility index (Phi) is 10.1. The standard InChI is InChI=1S/C36H42N4O7S/c1-6-46-30-20-24(11-14-29(30)47-21(2)3)32(39-25-12-13-26-23(19-25)15-17-38-34(26)37)35(41)40-18-16-28(36(42)43)33(40)27-9-7-8-10-31(27)48(44,45)22(4)5/h7-15,17,19-22,28,32-33,39H,6,16,18H2,1-5H3,(H2,37,38)(H,42,43)/t28-,32?,33-/m0/s1. The van der Waals surface area contributed by atoms with Crippen molar-refractivity contribution in [3.63, 3.8) is 0 Å². The van der Waals surface area contributed by atoms with Crippen LogP contribution in [0.2, 0.25) is 0 Å². The third-order valence-corrected chi connectivity index (χ3v) is 10.7. The van der Waals surface area contributed by atoms with Crippen LogP contribution >= 0.6 is 0 Å². The Balaban J connectivity index is 1.64. The second-order valence-corrected chi connectivity index (χ2v) is 14.8. The number of hydrogen-bond acceptors (Lipinski definition) is 9. The number of carbonyl (C=O) groups excluding carboxylic acids is 1. The molecule has 1 aliphatic rings. The van der Waals surface area contributed by atoms with Crippen LogP contribution in [-0.2, 0) is 19.4 Å². The predicted octanol–water partition coefficient (Wildman–Crippen LogP) is 6.01. The van der Waals surface area contributed by atoms with Gasteiger partial charge in [-0.25, -0.2) is 13.4 Å². The number of nitrogens with one attached hydrogen (secondary N) is 1. The monoisotopic (exact) mass is 674 g/mol. The number of anilines is 2. The van der Waals surface area contributed by atoms with Crippen molar-refractivity contribution < 1.29 is 32.6 Å². The van der Waals surface area contributed by atoms with Crippen molar-refractivity contribution in [2.75, 3.05) is 24.2 Å². The number of sulfone groups is 1. The van der Waals surface area contributed by atoms with E-state index in [9.17, 15) is 23.1 Å². The molecule has 5 rings (SSSR count). The molecule has 3 atom stereocenters. The molecule has 2 heterocycles. The first-order valence-electron chi connectivity index (χ1n) is 16.0. The quantitative estimate of drug-likeness (QED) is 0.162. The first-order valence-corrected chi connectivity index (χ1v) is 17.6. The highest BCUT2D eigenvalue weighted by molar-refractivity contribution is 7.92. The molecule has 0 aliphatic carbocycles. The van der Waals surface area contributed by atoms with Crippen LogP contribution in [0.3, 0.4) is 0 Å². The number of fused-ring (bicyclic) bond motifs is 1. The second kappa shape index (κ2) is 14.1. The maximum atomic E-state index is 14.9. The molecule has 1 unspecified atom stereocenters. The molecule has 0 bridgehead atoms. The van der Waals surface area contributed by atoms with Gasteiger partial charge in [-0.3, -0.25) is 9.59 Å². The Morgan fingerprint density at radius 1 is 1.04 bits per heavy atom. The molecule has 1 aromatic heterocycles. The Morgan fingerprint density at radius 3 is 2.48 bits per heavy atom. The number of nitrogen functional groups attached to an aromatic ring is 1. The molecule has 4 N–H and O–H groups in total. The lowest BCUT2D eigenvalue weighted by atomic mass is 9.93. The van der Waals surface area contributed by atoms with E-state index in [-0.39, 0.29) is 29.5 Å². The summed E-state index contributed by atoms with van der Waals surface area (Å²) in [7, 11) is -3.81. The highest BCUT2D eigenvalue weighted by Crippen LogP contribution is 2.43. The number of pyridine rings is 1. The molecular weight excluding hydrogens is 632 g/mol. The van der Waals surface area contributed by atoms with Crippen LogP contribution in [0.5, 0.6) is 11.5 Å². The van der Waals surface area contributed by atoms with Crippen molar-refractivity contribution in [2.24, 2.45) is 5.92 Å². The molecule has 3 aromatic carbocycles. The molecule has 0 radical (unpaired) electrons. The van der Waals surface area contributed by atoms with E-state index in [2.05, 4.69) is 10.3 Å². The summed E-state index contributed by atoms with van der Waals surface area (Å²) in [4.78, 5) is 33.2. The van der Waals surface area contributed by atoms with Crippen LogP contribution in [0.15, 0.2) is 77.8 Å². The Morgan fingerprint density at radius 2 is 1.79 bits per heavy atom. The summed E-state index contributed by atoms with van der Waals surface area (Å²) in [5.41, 5.74) is 7.53. The number of amides is 1. The molecule has 11 nitrogen and oxygen atoms in total. The third kappa shape index (κ3) is 6.89. The second-order valence-electron chi connectivity index (χ2n) is 12.4. The van der Waals surface area contributed by atoms with Crippen LogP contribution in [0.25, 0.3) is 10.8 Å². The summed E-state index contributed by atoms with van der Waals surface area (Å²) in [6.07, 6.45) is 1.64. The number of nitrogens with two attached hydrogens (primary N) is 1. The lowest BCUT2D eigenvalue weighted by Gasteiger charge is -2.33. The smallest absolute Gasteiger partial charge is 0.309 e. The van der Waals surface area contributed by atoms with Gasteiger partial charge in [-0.15, -0.1) is 0 Å². The molecule has 4 aromatic rings. The minimum atomic E-state index is -3.81. The molecule has 48 heavy (non-hydrogen) atoms. The molecule has 0 spiro atoms. The molecule has 1 saturated heterocycles. The van der Waals surface area contributed by atoms with Crippen molar-refractivity contribution in [1.82, 2.24) is 9.88 Å². The molecular formula is C36H42N4O7S. The summed E-state index contributed by atoms with van der Waals surface area (Å²) in [5.74, 6) is -1.19. The number of nitrogens with zero attached hydrogens (tertiary/aromatic N) is 2. The van der Waals surface area contributed by atoms with Crippen molar-refractivity contribution in [2.45, 2.75) is 69.4 Å². The SMILES string of the molecule is CCOc1cc(C(Nc2ccc3c(N)nccc3c2)C(=O)N2CC[C@H](C(=O)O)[C@@H]2c2ccccc2S(=O)(=O)C(C)C)ccc1OC(C)C. The van der Waals surface area contributed by atoms with Gasteiger partial charge >= 0.3 is 5.97 Å². The summed E-state index contributed by atoms with van der Waals surface area (Å²) < 4.78 is 38.9. The fourth-order valence-corrected chi connectivity index (χ4v) is 7.45. The summed E-state index contributed by atoms with van der Waals surface area (Å²) in [5, 5.41) is 14.5. The van der Waals surface area contributed by atoms with Crippen molar-refractivity contribution in [1.29, 1.82) is 0 Å². The molecule has 1 aliphatic heterocycles. The lowest BCUT2D eigenvalue weighted by Crippen LogP contribution is -2.40. The van der Waals surface area contributed by atoms with Gasteiger partial charge in [0, 0.05) is 23.8 Å². The number of hydrogen-bond donors (Lipinski definition) is 3. The summed E-state index contributed by atoms with van der Waals surface area (Å²) in [6, 6.07) is 16.9. The van der Waals surface area contributed by atoms with Crippen molar-refractivity contribution in [3.05, 3.63) is 84.1 Å². The van der Waals surface area contributed by atoms with Crippen LogP contribution in [0, 0.1) is 5.92 Å². The van der Waals surface area contributed by atoms with Gasteiger partial charge in [-0.2, -0.15) is 0 Å². The average Bonchev–Trinajstić information content (AvgIpc) is 3.50. The summed E-state index contributed by atoms with van der Waals surface area (Å²) in [6.45, 7) is 9.29. The maximum absolute atomic E-state index is 14.9. The van der Waals surface area contributed by atoms with Gasteiger partial charge < -0.3 is 30.5 Å². The number of benzene rings is 3. The fourth-order valence-electron chi connectivity index (χ4n) is 6.16. The average molecular weight is 675 g/mol. The van der Waals surface area contributed by atoms with E-state index in [1.54, 1.807) is 62.5 Å².